The molecule has 0 saturated carbocycles. The zero-order chi connectivity index (χ0) is 15.2. The van der Waals surface area contributed by atoms with Gasteiger partial charge >= 0.3 is 0 Å². The number of hydrogen-bond acceptors (Lipinski definition) is 5. The third kappa shape index (κ3) is 2.49. The Morgan fingerprint density at radius 1 is 1.30 bits per heavy atom. The van der Waals surface area contributed by atoms with Gasteiger partial charge in [0.05, 0.1) is 22.5 Å². The van der Waals surface area contributed by atoms with Crippen LogP contribution in [0.2, 0.25) is 0 Å². The molecule has 1 aliphatic heterocycles. The summed E-state index contributed by atoms with van der Waals surface area (Å²) in [5, 5.41) is -0.661. The van der Waals surface area contributed by atoms with Crippen LogP contribution in [-0.2, 0) is 19.9 Å². The molecule has 1 aliphatic rings. The van der Waals surface area contributed by atoms with Crippen molar-refractivity contribution < 1.29 is 16.8 Å². The molecule has 2 heterocycles. The number of hydrogen-bond donors (Lipinski definition) is 1. The summed E-state index contributed by atoms with van der Waals surface area (Å²) < 4.78 is 49.6. The van der Waals surface area contributed by atoms with Crippen LogP contribution in [0.25, 0.3) is 0 Å². The van der Waals surface area contributed by atoms with E-state index in [4.69, 9.17) is 0 Å². The normalized spacial score (nSPS) is 22.2. The maximum Gasteiger partial charge on any atom is 0.260 e. The average Bonchev–Trinajstić information content (AvgIpc) is 3.00. The van der Waals surface area contributed by atoms with E-state index in [-0.39, 0.29) is 18.1 Å². The highest BCUT2D eigenvalue weighted by molar-refractivity contribution is 7.93. The average molecular weight is 321 g/mol. The molecule has 2 rings (SSSR count). The molecule has 1 atom stereocenters. The Morgan fingerprint density at radius 3 is 2.45 bits per heavy atom. The summed E-state index contributed by atoms with van der Waals surface area (Å²) in [6.45, 7) is 5.11. The Labute approximate surface area is 119 Å². The summed E-state index contributed by atoms with van der Waals surface area (Å²) in [5.74, 6) is 0. The SMILES string of the molecule is CC(C)(C)S(=O)(=O)[C@H]1CCN(S(=O)(=O)c2cnc[nH]2)C1. The molecule has 1 aromatic rings. The number of aromatic amines is 1. The predicted molar refractivity (Wildman–Crippen MR) is 74.4 cm³/mol. The Morgan fingerprint density at radius 2 is 1.95 bits per heavy atom. The lowest BCUT2D eigenvalue weighted by atomic mass is 10.3. The van der Waals surface area contributed by atoms with E-state index in [0.717, 1.165) is 0 Å². The summed E-state index contributed by atoms with van der Waals surface area (Å²) >= 11 is 0. The molecule has 9 heteroatoms. The van der Waals surface area contributed by atoms with Crippen LogP contribution in [0.5, 0.6) is 0 Å². The summed E-state index contributed by atoms with van der Waals surface area (Å²) in [6, 6.07) is 0. The van der Waals surface area contributed by atoms with Crippen molar-refractivity contribution in [3.63, 3.8) is 0 Å². The quantitative estimate of drug-likeness (QED) is 0.868. The van der Waals surface area contributed by atoms with Crippen LogP contribution >= 0.6 is 0 Å². The highest BCUT2D eigenvalue weighted by Crippen LogP contribution is 2.29. The van der Waals surface area contributed by atoms with Gasteiger partial charge in [-0.05, 0) is 27.2 Å². The number of nitrogens with one attached hydrogen (secondary N) is 1. The van der Waals surface area contributed by atoms with E-state index in [1.165, 1.54) is 16.8 Å². The Balaban J connectivity index is 2.23. The number of nitrogens with zero attached hydrogens (tertiary/aromatic N) is 2. The fourth-order valence-corrected chi connectivity index (χ4v) is 5.47. The molecule has 0 amide bonds. The zero-order valence-electron chi connectivity index (χ0n) is 11.7. The van der Waals surface area contributed by atoms with Crippen molar-refractivity contribution in [1.29, 1.82) is 0 Å². The fraction of sp³-hybridized carbons (Fsp3) is 0.727. The molecule has 0 radical (unpaired) electrons. The molecule has 114 valence electrons. The second-order valence-electron chi connectivity index (χ2n) is 5.85. The molecule has 0 aromatic carbocycles. The van der Waals surface area contributed by atoms with Gasteiger partial charge in [0.2, 0.25) is 0 Å². The van der Waals surface area contributed by atoms with Gasteiger partial charge in [-0.25, -0.2) is 21.8 Å². The lowest BCUT2D eigenvalue weighted by Gasteiger charge is -2.24. The third-order valence-corrected chi connectivity index (χ3v) is 8.25. The van der Waals surface area contributed by atoms with Gasteiger partial charge in [0.1, 0.15) is 0 Å². The molecule has 20 heavy (non-hydrogen) atoms. The van der Waals surface area contributed by atoms with E-state index in [0.29, 0.717) is 6.42 Å². The first kappa shape index (κ1) is 15.5. The lowest BCUT2D eigenvalue weighted by molar-refractivity contribution is 0.473. The highest BCUT2D eigenvalue weighted by Gasteiger charge is 2.44. The van der Waals surface area contributed by atoms with Gasteiger partial charge in [0.25, 0.3) is 10.0 Å². The minimum absolute atomic E-state index is 0.000949. The van der Waals surface area contributed by atoms with E-state index in [1.807, 2.05) is 0 Å². The Hall–Kier alpha value is -0.930. The zero-order valence-corrected chi connectivity index (χ0v) is 13.3. The topological polar surface area (TPSA) is 100 Å². The number of H-pyrrole nitrogens is 1. The van der Waals surface area contributed by atoms with Crippen molar-refractivity contribution in [3.05, 3.63) is 12.5 Å². The molecule has 1 N–H and O–H groups in total. The van der Waals surface area contributed by atoms with Crippen molar-refractivity contribution >= 4 is 19.9 Å². The number of imidazole rings is 1. The molecule has 0 spiro atoms. The summed E-state index contributed by atoms with van der Waals surface area (Å²) in [6.07, 6.45) is 2.83. The van der Waals surface area contributed by atoms with Gasteiger partial charge in [-0.3, -0.25) is 0 Å². The molecular weight excluding hydrogens is 302 g/mol. The van der Waals surface area contributed by atoms with Gasteiger partial charge in [-0.15, -0.1) is 0 Å². The first-order chi connectivity index (χ1) is 9.07. The Kier molecular flexibility index (Phi) is 3.72. The number of sulfone groups is 1. The largest absolute Gasteiger partial charge is 0.335 e. The first-order valence-electron chi connectivity index (χ1n) is 6.29. The predicted octanol–water partition coefficient (Wildman–Crippen LogP) is 0.386. The molecule has 1 saturated heterocycles. The lowest BCUT2D eigenvalue weighted by Crippen LogP contribution is -2.39. The van der Waals surface area contributed by atoms with Crippen LogP contribution in [0.3, 0.4) is 0 Å². The van der Waals surface area contributed by atoms with E-state index in [9.17, 15) is 16.8 Å². The molecule has 1 aromatic heterocycles. The maximum atomic E-state index is 12.4. The third-order valence-electron chi connectivity index (χ3n) is 3.49. The summed E-state index contributed by atoms with van der Waals surface area (Å²) in [7, 11) is -7.05. The van der Waals surface area contributed by atoms with Crippen LogP contribution < -0.4 is 0 Å². The molecule has 0 aliphatic carbocycles. The monoisotopic (exact) mass is 321 g/mol. The smallest absolute Gasteiger partial charge is 0.260 e. The van der Waals surface area contributed by atoms with Crippen molar-refractivity contribution in [2.75, 3.05) is 13.1 Å². The van der Waals surface area contributed by atoms with E-state index < -0.39 is 29.9 Å². The van der Waals surface area contributed by atoms with Gasteiger partial charge in [0, 0.05) is 13.1 Å². The van der Waals surface area contributed by atoms with E-state index >= 15 is 0 Å². The van der Waals surface area contributed by atoms with Crippen LogP contribution in [-0.4, -0.2) is 54.2 Å². The van der Waals surface area contributed by atoms with Crippen LogP contribution in [0.15, 0.2) is 17.6 Å². The molecular formula is C11H19N3O4S2. The van der Waals surface area contributed by atoms with Gasteiger partial charge in [-0.1, -0.05) is 0 Å². The standard InChI is InChI=1S/C11H19N3O4S2/c1-11(2,3)19(15,16)9-4-5-14(7-9)20(17,18)10-6-12-8-13-10/h6,8-9H,4-5,7H2,1-3H3,(H,12,13)/t9-/m0/s1. The molecule has 7 nitrogen and oxygen atoms in total. The van der Waals surface area contributed by atoms with Crippen molar-refractivity contribution in [2.24, 2.45) is 0 Å². The minimum atomic E-state index is -3.68. The summed E-state index contributed by atoms with van der Waals surface area (Å²) in [5.41, 5.74) is 0. The van der Waals surface area contributed by atoms with Crippen molar-refractivity contribution in [2.45, 2.75) is 42.2 Å². The minimum Gasteiger partial charge on any atom is -0.335 e. The van der Waals surface area contributed by atoms with E-state index in [1.54, 1.807) is 20.8 Å². The summed E-state index contributed by atoms with van der Waals surface area (Å²) in [4.78, 5) is 6.24. The van der Waals surface area contributed by atoms with Crippen molar-refractivity contribution in [1.82, 2.24) is 14.3 Å². The van der Waals surface area contributed by atoms with Crippen LogP contribution in [0, 0.1) is 0 Å². The van der Waals surface area contributed by atoms with E-state index in [2.05, 4.69) is 9.97 Å². The second kappa shape index (κ2) is 4.81. The van der Waals surface area contributed by atoms with Gasteiger partial charge in [0.15, 0.2) is 14.9 Å². The maximum absolute atomic E-state index is 12.4. The molecule has 0 bridgehead atoms. The molecule has 1 fully saturated rings. The number of aromatic nitrogens is 2. The fourth-order valence-electron chi connectivity index (χ4n) is 2.19. The van der Waals surface area contributed by atoms with Gasteiger partial charge < -0.3 is 4.98 Å². The van der Waals surface area contributed by atoms with Gasteiger partial charge in [-0.2, -0.15) is 4.31 Å². The van der Waals surface area contributed by atoms with Crippen LogP contribution in [0.1, 0.15) is 27.2 Å². The Bertz CT molecular complexity index is 672. The highest BCUT2D eigenvalue weighted by atomic mass is 32.2. The first-order valence-corrected chi connectivity index (χ1v) is 9.27. The number of rotatable bonds is 3. The van der Waals surface area contributed by atoms with Crippen molar-refractivity contribution in [3.8, 4) is 0 Å². The molecule has 0 unspecified atom stereocenters. The number of sulfonamides is 1. The van der Waals surface area contributed by atoms with Crippen LogP contribution in [0.4, 0.5) is 0 Å². The second-order valence-corrected chi connectivity index (χ2v) is 10.7.